The Balaban J connectivity index is 0.000000324. The Kier molecular flexibility index (Phi) is 35.8. The highest BCUT2D eigenvalue weighted by Gasteiger charge is 2.46. The van der Waals surface area contributed by atoms with Gasteiger partial charge in [0.1, 0.15) is 13.1 Å². The van der Waals surface area contributed by atoms with Gasteiger partial charge in [0.05, 0.1) is 91.8 Å². The van der Waals surface area contributed by atoms with E-state index in [4.69, 9.17) is 35.1 Å². The first-order valence-corrected chi connectivity index (χ1v) is 36.9. The van der Waals surface area contributed by atoms with Crippen LogP contribution in [0.2, 0.25) is 0 Å². The lowest BCUT2D eigenvalue weighted by Gasteiger charge is -2.21. The number of methoxy groups -OCH3 is 1. The fraction of sp³-hybridized carbons (Fsp3) is 0.416. The van der Waals surface area contributed by atoms with Gasteiger partial charge in [-0.1, -0.05) is 52.9 Å². The highest BCUT2D eigenvalue weighted by Crippen LogP contribution is 2.42. The molecule has 3 unspecified atom stereocenters. The van der Waals surface area contributed by atoms with Crippen LogP contribution in [0, 0.1) is 41.5 Å². The van der Waals surface area contributed by atoms with E-state index in [-0.39, 0.29) is 59.6 Å². The van der Waals surface area contributed by atoms with Crippen LogP contribution in [0.15, 0.2) is 118 Å². The van der Waals surface area contributed by atoms with Crippen molar-refractivity contribution in [2.24, 2.45) is 56.4 Å². The lowest BCUT2D eigenvalue weighted by atomic mass is 9.91. The van der Waals surface area contributed by atoms with Crippen LogP contribution >= 0.6 is 15.9 Å². The fourth-order valence-electron chi connectivity index (χ4n) is 11.9. The number of carbonyl (C=O) groups excluding carboxylic acids is 4. The summed E-state index contributed by atoms with van der Waals surface area (Å²) < 4.78 is 228. The molecule has 11 rings (SSSR count). The molecular weight excluding hydrogens is 1770 g/mol. The van der Waals surface area contributed by atoms with Crippen molar-refractivity contribution in [3.8, 4) is 0 Å². The minimum absolute atomic E-state index is 0. The molecule has 0 fully saturated rings. The van der Waals surface area contributed by atoms with Gasteiger partial charge in [0.25, 0.3) is 0 Å². The number of aryl methyl sites for hydroxylation is 11. The molecule has 8 aromatic rings. The summed E-state index contributed by atoms with van der Waals surface area (Å²) in [6, 6.07) is 22.1. The maximum Gasteiger partial charge on any atom is 0.435 e. The van der Waals surface area contributed by atoms with Gasteiger partial charge in [-0.05, 0) is 172 Å². The largest absolute Gasteiger partial charge is 0.478 e. The number of nitrogens with one attached hydrogen (secondary N) is 2. The second-order valence-corrected chi connectivity index (χ2v) is 29.4. The number of carbonyl (C=O) groups is 5. The van der Waals surface area contributed by atoms with Gasteiger partial charge >= 0.3 is 56.5 Å². The summed E-state index contributed by atoms with van der Waals surface area (Å²) in [6.07, 6.45) is -26.0. The summed E-state index contributed by atoms with van der Waals surface area (Å²) in [5.41, 5.74) is 10.6. The molecule has 48 heteroatoms. The molecule has 3 aromatic carbocycles. The van der Waals surface area contributed by atoms with E-state index in [2.05, 4.69) is 70.0 Å². The third kappa shape index (κ3) is 30.0. The third-order valence-electron chi connectivity index (χ3n) is 18.0. The van der Waals surface area contributed by atoms with Crippen LogP contribution < -0.4 is 22.0 Å². The molecule has 0 spiro atoms. The van der Waals surface area contributed by atoms with Crippen molar-refractivity contribution in [3.63, 3.8) is 0 Å². The lowest BCUT2D eigenvalue weighted by Crippen LogP contribution is -2.37. The van der Waals surface area contributed by atoms with E-state index in [1.165, 1.54) is 45.1 Å². The van der Waals surface area contributed by atoms with Crippen molar-refractivity contribution in [1.82, 2.24) is 59.5 Å². The van der Waals surface area contributed by atoms with Gasteiger partial charge in [0.15, 0.2) is 34.0 Å². The number of amides is 2. The first-order valence-electron chi connectivity index (χ1n) is 36.1. The lowest BCUT2D eigenvalue weighted by molar-refractivity contribution is -0.142. The Morgan fingerprint density at radius 1 is 0.512 bits per heavy atom. The first-order chi connectivity index (χ1) is 56.9. The zero-order chi connectivity index (χ0) is 94.3. The molecule has 683 valence electrons. The number of hydrogen-bond acceptors (Lipinski definition) is 19. The maximum absolute atomic E-state index is 12.9. The van der Waals surface area contributed by atoms with E-state index in [1.807, 2.05) is 40.0 Å². The number of esters is 1. The number of oxime groups is 3. The van der Waals surface area contributed by atoms with Crippen LogP contribution in [0.25, 0.3) is 5.57 Å². The van der Waals surface area contributed by atoms with E-state index in [1.54, 1.807) is 117 Å². The van der Waals surface area contributed by atoms with Gasteiger partial charge in [0, 0.05) is 78.5 Å². The first kappa shape index (κ1) is 106. The van der Waals surface area contributed by atoms with E-state index in [0.717, 1.165) is 68.5 Å². The molecule has 8 heterocycles. The number of hydrogen-bond donors (Lipinski definition) is 5. The van der Waals surface area contributed by atoms with Crippen LogP contribution in [0.4, 0.5) is 79.0 Å². The summed E-state index contributed by atoms with van der Waals surface area (Å²) in [5, 5.41) is 52.5. The minimum atomic E-state index is -4.54. The molecule has 2 amide bonds. The maximum atomic E-state index is 12.9. The number of alkyl halides is 18. The van der Waals surface area contributed by atoms with Crippen molar-refractivity contribution in [3.05, 3.63) is 204 Å². The number of aromatic carboxylic acids is 1. The van der Waals surface area contributed by atoms with Gasteiger partial charge in [-0.3, -0.25) is 37.8 Å². The average molecular weight is 1860 g/mol. The molecule has 1 radical (unpaired) electrons. The molecule has 8 N–H and O–H groups in total. The van der Waals surface area contributed by atoms with Crippen molar-refractivity contribution in [1.29, 1.82) is 0 Å². The standard InChI is InChI=1S/C22H25F3N4O3.C18H18F3N3O3.C17H16F3N3O3.C8H9F3N2.C5H8BN2O.C4H7F3N2O.C3H2BrF3.H2O/c1-13-9-15(17-11-21(3,32-28-17)19-10-14(2)27-29(19)4)5-6-16(13)18(30)7-8-20(31)26-12-22(23,24)25;1-10-7-11(5-6-12(10)16(25)26-4)13-9-17(2,27-23-13)15-8-14(18(19,20)21)22-24(15)3;1-9-6-10(4-5-11(9)15(24)25)12-8-16(2,26-22-12)14-7-13(17(18,19)20)21-23(14)3;1-5-4-7(13(3)12-5)6(2)8(9,10)11;1-4-3-5(6-9)8(2)7-4;5-4(6,7)2-9-3(10)1-8;1-2(4)3(5,6)7;/h5-6,9-10H,7-8,11-12H2,1-4H3,(H,26,31);5-8H,9H2,1-4H3;4-7H,8H2,1-3H3,(H,24,25);4H,2H2,1,3H3;3,9H,1-2H3;1-2,8H2,(H,9,10);1H2;1H2. The topological polar surface area (TPSA) is 370 Å². The summed E-state index contributed by atoms with van der Waals surface area (Å²) in [4.78, 5) is 73.7. The van der Waals surface area contributed by atoms with Gasteiger partial charge in [0.2, 0.25) is 11.8 Å². The van der Waals surface area contributed by atoms with E-state index in [9.17, 15) is 103 Å². The van der Waals surface area contributed by atoms with Crippen LogP contribution in [-0.4, -0.2) is 170 Å². The quantitative estimate of drug-likeness (QED) is 0.0245. The van der Waals surface area contributed by atoms with E-state index >= 15 is 0 Å². The van der Waals surface area contributed by atoms with Crippen molar-refractivity contribution in [2.45, 2.75) is 148 Å². The number of rotatable bonds is 17. The van der Waals surface area contributed by atoms with Gasteiger partial charge in [-0.2, -0.15) is 105 Å². The highest BCUT2D eigenvalue weighted by atomic mass is 79.9. The molecule has 28 nitrogen and oxygen atoms in total. The van der Waals surface area contributed by atoms with Crippen LogP contribution in [-0.2, 0) is 93.2 Å². The number of aromatic nitrogens is 10. The number of halogens is 19. The number of allylic oxidation sites excluding steroid dienone is 2. The Hall–Kier alpha value is -11.7. The number of ketones is 1. The van der Waals surface area contributed by atoms with Gasteiger partial charge in [-0.15, -0.1) is 0 Å². The number of carboxylic acid groups (broad SMARTS) is 1. The minimum Gasteiger partial charge on any atom is -0.478 e. The van der Waals surface area contributed by atoms with E-state index < -0.39 is 119 Å². The van der Waals surface area contributed by atoms with E-state index in [0.29, 0.717) is 56.9 Å². The Labute approximate surface area is 711 Å². The normalized spacial score (nSPS) is 16.5. The summed E-state index contributed by atoms with van der Waals surface area (Å²) in [7, 11) is 10.3. The second kappa shape index (κ2) is 42.3. The second-order valence-electron chi connectivity index (χ2n) is 28.4. The summed E-state index contributed by atoms with van der Waals surface area (Å²) >= 11 is 2.18. The Bertz CT molecular complexity index is 5290. The zero-order valence-corrected chi connectivity index (χ0v) is 71.0. The number of carboxylic acids is 1. The zero-order valence-electron chi connectivity index (χ0n) is 69.4. The average Bonchev–Trinajstić information content (AvgIpc) is 1.63. The molecule has 3 atom stereocenters. The van der Waals surface area contributed by atoms with Gasteiger partial charge < -0.3 is 51.2 Å². The fourth-order valence-corrected chi connectivity index (χ4v) is 11.9. The number of nitrogens with zero attached hydrogens (tertiary/aromatic N) is 13. The Morgan fingerprint density at radius 3 is 1.15 bits per heavy atom. The number of Topliss-reactive ketones (excluding diaryl/α,β-unsaturated/α-hetero) is 1. The summed E-state index contributed by atoms with van der Waals surface area (Å²) in [5.74, 6) is -3.40. The molecule has 0 saturated heterocycles. The van der Waals surface area contributed by atoms with Crippen LogP contribution in [0.3, 0.4) is 0 Å². The Morgan fingerprint density at radius 2 is 0.864 bits per heavy atom. The smallest absolute Gasteiger partial charge is 0.435 e. The van der Waals surface area contributed by atoms with Crippen molar-refractivity contribution >= 4 is 81.2 Å². The van der Waals surface area contributed by atoms with Gasteiger partial charge in [-0.25, -0.2) is 9.59 Å². The predicted octanol–water partition coefficient (Wildman–Crippen LogP) is 13.3. The number of ether oxygens (including phenoxy) is 1. The molecule has 3 aliphatic rings. The van der Waals surface area contributed by atoms with Crippen LogP contribution in [0.5, 0.6) is 0 Å². The van der Waals surface area contributed by atoms with Crippen molar-refractivity contribution < 1.29 is 138 Å². The predicted molar refractivity (Wildman–Crippen MR) is 422 cm³/mol. The molecule has 125 heavy (non-hydrogen) atoms. The molecule has 5 aromatic heterocycles. The van der Waals surface area contributed by atoms with Crippen LogP contribution in [0.1, 0.15) is 169 Å². The SMILES string of the molecule is C=C(Br)C(F)(F)F.C=C(c1cc(C)nn1C)C(F)(F)F.COC(=O)c1ccc(C2=NOC(C)(c3cc(C(F)(F)F)nn3C)C2)cc1C.Cc1cc(C2(C)CC(c3ccc(C(=O)CCC(=O)NCC(F)(F)F)c(C)c3)=NO2)n(C)n1.Cc1cc(C2=NOC(C)(c3cc(C(F)(F)F)nn3C)C2)ccc1C(=O)O.Cc1cc([B]O)n(C)n1.NCC(=O)NCC(F)(F)F.O. The molecular formula is C77H87BBrF18N16O12. The molecule has 0 aliphatic carbocycles. The highest BCUT2D eigenvalue weighted by molar-refractivity contribution is 9.11. The molecule has 0 saturated carbocycles. The van der Waals surface area contributed by atoms with Crippen molar-refractivity contribution in [2.75, 3.05) is 26.7 Å². The third-order valence-corrected chi connectivity index (χ3v) is 18.5. The molecule has 0 bridgehead atoms. The monoisotopic (exact) mass is 1860 g/mol. The molecule has 3 aliphatic heterocycles. The number of benzene rings is 3. The summed E-state index contributed by atoms with van der Waals surface area (Å²) in [6.45, 7) is 18.3. The number of nitrogens with two attached hydrogens (primary N) is 1.